The van der Waals surface area contributed by atoms with Gasteiger partial charge in [0.2, 0.25) is 5.91 Å². The van der Waals surface area contributed by atoms with E-state index in [1.807, 2.05) is 4.90 Å². The molecule has 2 aliphatic rings. The Morgan fingerprint density at radius 2 is 2.07 bits per heavy atom. The van der Waals surface area contributed by atoms with E-state index in [9.17, 15) is 9.59 Å². The maximum atomic E-state index is 13.3. The Labute approximate surface area is 183 Å². The molecule has 1 aliphatic carbocycles. The molecule has 6 heteroatoms. The second-order valence-electron chi connectivity index (χ2n) is 10.1. The maximum absolute atomic E-state index is 13.3. The zero-order valence-electron chi connectivity index (χ0n) is 18.9. The molecule has 2 aromatic rings. The lowest BCUT2D eigenvalue weighted by molar-refractivity contribution is -0.135. The van der Waals surface area contributed by atoms with E-state index in [-0.39, 0.29) is 16.9 Å². The van der Waals surface area contributed by atoms with Gasteiger partial charge in [-0.25, -0.2) is 4.98 Å². The average molecular weight is 430 g/mol. The molecule has 0 N–H and O–H groups in total. The van der Waals surface area contributed by atoms with Crippen molar-refractivity contribution in [3.8, 4) is 0 Å². The maximum Gasteiger partial charge on any atom is 0.262 e. The molecule has 2 atom stereocenters. The Kier molecular flexibility index (Phi) is 6.06. The number of thiophene rings is 1. The minimum atomic E-state index is 0.0326. The summed E-state index contributed by atoms with van der Waals surface area (Å²) in [5.41, 5.74) is 1.54. The van der Waals surface area contributed by atoms with Crippen molar-refractivity contribution in [2.24, 2.45) is 11.3 Å². The third-order valence-electron chi connectivity index (χ3n) is 7.25. The highest BCUT2D eigenvalue weighted by atomic mass is 32.1. The van der Waals surface area contributed by atoms with Crippen LogP contribution in [0.1, 0.15) is 76.7 Å². The van der Waals surface area contributed by atoms with Crippen LogP contribution in [0.25, 0.3) is 10.2 Å². The standard InChI is InChI=1S/C24H35N3O2S/c1-5-17-8-6-7-12-27(17)20(28)11-13-26-15-25-22-21(23(26)29)18-10-9-16(24(2,3)4)14-19(18)30-22/h15-17H,5-14H2,1-4H3. The summed E-state index contributed by atoms with van der Waals surface area (Å²) in [6.07, 6.45) is 9.57. The molecule has 1 fully saturated rings. The van der Waals surface area contributed by atoms with Crippen molar-refractivity contribution in [3.63, 3.8) is 0 Å². The fourth-order valence-electron chi connectivity index (χ4n) is 5.21. The molecule has 0 spiro atoms. The third-order valence-corrected chi connectivity index (χ3v) is 8.41. The number of fused-ring (bicyclic) bond motifs is 3. The molecule has 0 saturated carbocycles. The molecule has 0 bridgehead atoms. The van der Waals surface area contributed by atoms with E-state index in [1.165, 1.54) is 16.9 Å². The van der Waals surface area contributed by atoms with Gasteiger partial charge in [0.15, 0.2) is 0 Å². The number of hydrogen-bond donors (Lipinski definition) is 0. The van der Waals surface area contributed by atoms with Crippen LogP contribution in [-0.2, 0) is 24.2 Å². The highest BCUT2D eigenvalue weighted by Gasteiger charge is 2.32. The van der Waals surface area contributed by atoms with E-state index in [0.29, 0.717) is 24.9 Å². The molecular formula is C24H35N3O2S. The molecule has 2 aromatic heterocycles. The van der Waals surface area contributed by atoms with Crippen molar-refractivity contribution in [1.82, 2.24) is 14.5 Å². The van der Waals surface area contributed by atoms with Gasteiger partial charge in [-0.1, -0.05) is 27.7 Å². The summed E-state index contributed by atoms with van der Waals surface area (Å²) in [5, 5.41) is 0.807. The minimum Gasteiger partial charge on any atom is -0.340 e. The van der Waals surface area contributed by atoms with E-state index in [1.54, 1.807) is 22.2 Å². The van der Waals surface area contributed by atoms with Crippen molar-refractivity contribution >= 4 is 27.5 Å². The normalized spacial score (nSPS) is 22.3. The summed E-state index contributed by atoms with van der Waals surface area (Å²) in [7, 11) is 0. The first-order valence-electron chi connectivity index (χ1n) is 11.6. The van der Waals surface area contributed by atoms with E-state index >= 15 is 0 Å². The van der Waals surface area contributed by atoms with Gasteiger partial charge >= 0.3 is 0 Å². The summed E-state index contributed by atoms with van der Waals surface area (Å²) in [5.74, 6) is 0.822. The molecule has 3 heterocycles. The number of nitrogens with zero attached hydrogens (tertiary/aromatic N) is 3. The molecule has 30 heavy (non-hydrogen) atoms. The molecule has 1 amide bonds. The monoisotopic (exact) mass is 429 g/mol. The molecule has 4 rings (SSSR count). The van der Waals surface area contributed by atoms with E-state index < -0.39 is 0 Å². The molecule has 1 saturated heterocycles. The lowest BCUT2D eigenvalue weighted by Crippen LogP contribution is -2.43. The van der Waals surface area contributed by atoms with Crippen molar-refractivity contribution in [1.29, 1.82) is 0 Å². The second-order valence-corrected chi connectivity index (χ2v) is 11.2. The Bertz CT molecular complexity index is 985. The summed E-state index contributed by atoms with van der Waals surface area (Å²) >= 11 is 1.69. The molecule has 1 aliphatic heterocycles. The fraction of sp³-hybridized carbons (Fsp3) is 0.708. The van der Waals surface area contributed by atoms with Crippen LogP contribution in [0.4, 0.5) is 0 Å². The van der Waals surface area contributed by atoms with Crippen LogP contribution in [0.3, 0.4) is 0 Å². The zero-order chi connectivity index (χ0) is 21.5. The van der Waals surface area contributed by atoms with E-state index in [4.69, 9.17) is 0 Å². The predicted octanol–water partition coefficient (Wildman–Crippen LogP) is 4.79. The van der Waals surface area contributed by atoms with Crippen molar-refractivity contribution in [2.45, 2.75) is 91.6 Å². The van der Waals surface area contributed by atoms with Gasteiger partial charge in [0.05, 0.1) is 11.7 Å². The van der Waals surface area contributed by atoms with Crippen LogP contribution in [-0.4, -0.2) is 32.9 Å². The number of aromatic nitrogens is 2. The highest BCUT2D eigenvalue weighted by Crippen LogP contribution is 2.41. The SMILES string of the molecule is CCC1CCCCN1C(=O)CCn1cnc2sc3c(c2c1=O)CCC(C(C)(C)C)C3. The lowest BCUT2D eigenvalue weighted by atomic mass is 9.72. The molecule has 0 radical (unpaired) electrons. The number of likely N-dealkylation sites (tertiary alicyclic amines) is 1. The summed E-state index contributed by atoms with van der Waals surface area (Å²) < 4.78 is 1.66. The van der Waals surface area contributed by atoms with Gasteiger partial charge in [0.25, 0.3) is 5.56 Å². The molecular weight excluding hydrogens is 394 g/mol. The van der Waals surface area contributed by atoms with Crippen LogP contribution in [0.5, 0.6) is 0 Å². The Morgan fingerprint density at radius 1 is 1.27 bits per heavy atom. The van der Waals surface area contributed by atoms with Gasteiger partial charge < -0.3 is 4.90 Å². The third kappa shape index (κ3) is 4.08. The van der Waals surface area contributed by atoms with Gasteiger partial charge in [-0.3, -0.25) is 14.2 Å². The number of hydrogen-bond acceptors (Lipinski definition) is 4. The number of rotatable bonds is 4. The summed E-state index contributed by atoms with van der Waals surface area (Å²) in [4.78, 5) is 34.9. The van der Waals surface area contributed by atoms with Gasteiger partial charge in [0.1, 0.15) is 4.83 Å². The summed E-state index contributed by atoms with van der Waals surface area (Å²) in [6, 6.07) is 0.364. The first kappa shape index (κ1) is 21.5. The topological polar surface area (TPSA) is 55.2 Å². The zero-order valence-corrected chi connectivity index (χ0v) is 19.7. The van der Waals surface area contributed by atoms with Gasteiger partial charge in [-0.15, -0.1) is 11.3 Å². The van der Waals surface area contributed by atoms with Crippen LogP contribution < -0.4 is 5.56 Å². The number of carbonyl (C=O) groups excluding carboxylic acids is 1. The molecule has 2 unspecified atom stereocenters. The number of amides is 1. The summed E-state index contributed by atoms with van der Waals surface area (Å²) in [6.45, 7) is 10.4. The van der Waals surface area contributed by atoms with Crippen LogP contribution in [0.2, 0.25) is 0 Å². The molecule has 5 nitrogen and oxygen atoms in total. The highest BCUT2D eigenvalue weighted by molar-refractivity contribution is 7.18. The van der Waals surface area contributed by atoms with Gasteiger partial charge in [-0.2, -0.15) is 0 Å². The van der Waals surface area contributed by atoms with Crippen molar-refractivity contribution in [3.05, 3.63) is 27.1 Å². The van der Waals surface area contributed by atoms with Crippen LogP contribution in [0, 0.1) is 11.3 Å². The Morgan fingerprint density at radius 3 is 2.80 bits per heavy atom. The smallest absolute Gasteiger partial charge is 0.262 e. The lowest BCUT2D eigenvalue weighted by Gasteiger charge is -2.35. The molecule has 164 valence electrons. The van der Waals surface area contributed by atoms with Gasteiger partial charge in [0, 0.05) is 30.4 Å². The van der Waals surface area contributed by atoms with Crippen molar-refractivity contribution in [2.75, 3.05) is 6.54 Å². The van der Waals surface area contributed by atoms with E-state index in [2.05, 4.69) is 32.7 Å². The van der Waals surface area contributed by atoms with Crippen LogP contribution >= 0.6 is 11.3 Å². The average Bonchev–Trinajstić information content (AvgIpc) is 3.11. The quantitative estimate of drug-likeness (QED) is 0.702. The fourth-order valence-corrected chi connectivity index (χ4v) is 6.47. The van der Waals surface area contributed by atoms with E-state index in [0.717, 1.165) is 55.3 Å². The van der Waals surface area contributed by atoms with Crippen LogP contribution in [0.15, 0.2) is 11.1 Å². The molecule has 0 aromatic carbocycles. The first-order valence-corrected chi connectivity index (χ1v) is 12.4. The van der Waals surface area contributed by atoms with Gasteiger partial charge in [-0.05, 0) is 61.8 Å². The van der Waals surface area contributed by atoms with Crippen molar-refractivity contribution < 1.29 is 4.79 Å². The predicted molar refractivity (Wildman–Crippen MR) is 123 cm³/mol. The Hall–Kier alpha value is -1.69. The minimum absolute atomic E-state index is 0.0326. The largest absolute Gasteiger partial charge is 0.340 e. The number of aryl methyl sites for hydroxylation is 2. The Balaban J connectivity index is 1.53. The number of carbonyl (C=O) groups is 1. The first-order chi connectivity index (χ1) is 14.3. The number of piperidine rings is 1. The second kappa shape index (κ2) is 8.45.